The third-order valence-electron chi connectivity index (χ3n) is 6.79. The Balaban J connectivity index is 2.05. The van der Waals surface area contributed by atoms with Crippen molar-refractivity contribution in [3.63, 3.8) is 0 Å². The Morgan fingerprint density at radius 3 is 2.55 bits per heavy atom. The van der Waals surface area contributed by atoms with Crippen LogP contribution in [0.3, 0.4) is 0 Å². The first kappa shape index (κ1) is 31.3. The quantitative estimate of drug-likeness (QED) is 0.102. The third-order valence-corrected chi connectivity index (χ3v) is 9.89. The molecule has 10 nitrogen and oxygen atoms in total. The number of hydrogen-bond acceptors (Lipinski definition) is 7. The molecule has 0 amide bonds. The molecule has 0 saturated carbocycles. The lowest BCUT2D eigenvalue weighted by molar-refractivity contribution is 0.0895. The Hall–Kier alpha value is -3.63. The summed E-state index contributed by atoms with van der Waals surface area (Å²) in [5.74, 6) is 0.806. The highest BCUT2D eigenvalue weighted by atomic mass is 32.2. The molecule has 1 unspecified atom stereocenters. The molecule has 2 aromatic carbocycles. The maximum atomic E-state index is 13.6. The zero-order valence-corrected chi connectivity index (χ0v) is 27.1. The lowest BCUT2D eigenvalue weighted by Crippen LogP contribution is -2.28. The standard InChI is InChI=1S/C30H37N5O5SSi/c1-19-15-24(39-5)25(21-11-12-34(27(19)21)29(36)37)26(33-41(38)30(2,3)4)28-32-22-16-20(17-31)9-10-23(22)35(28)18-40-13-14-42(6,7)8/h9-12,15-16H,13-14,18H2,1-8H3,(H,36,37)/b33-26+. The number of ether oxygens (including phenoxy) is 2. The van der Waals surface area contributed by atoms with Crippen LogP contribution in [0.5, 0.6) is 5.75 Å². The fourth-order valence-electron chi connectivity index (χ4n) is 4.53. The Labute approximate surface area is 249 Å². The van der Waals surface area contributed by atoms with Crippen LogP contribution < -0.4 is 4.74 Å². The van der Waals surface area contributed by atoms with Crippen molar-refractivity contribution in [1.29, 1.82) is 5.26 Å². The number of fused-ring (bicyclic) bond motifs is 2. The number of aryl methyl sites for hydroxylation is 1. The molecule has 0 bridgehead atoms. The van der Waals surface area contributed by atoms with Gasteiger partial charge in [0, 0.05) is 26.3 Å². The van der Waals surface area contributed by atoms with E-state index in [9.17, 15) is 19.7 Å². The number of carboxylic acid groups (broad SMARTS) is 1. The lowest BCUT2D eigenvalue weighted by atomic mass is 10.0. The van der Waals surface area contributed by atoms with Crippen LogP contribution in [0.4, 0.5) is 4.79 Å². The molecule has 4 rings (SSSR count). The van der Waals surface area contributed by atoms with Gasteiger partial charge in [0.2, 0.25) is 0 Å². The molecule has 222 valence electrons. The summed E-state index contributed by atoms with van der Waals surface area (Å²) in [5.41, 5.74) is 3.62. The molecular formula is C30H37N5O5SSi. The van der Waals surface area contributed by atoms with E-state index in [1.54, 1.807) is 24.3 Å². The van der Waals surface area contributed by atoms with E-state index in [4.69, 9.17) is 18.9 Å². The number of aromatic nitrogens is 3. The van der Waals surface area contributed by atoms with E-state index in [1.807, 2.05) is 38.3 Å². The van der Waals surface area contributed by atoms with E-state index in [1.165, 1.54) is 13.3 Å². The summed E-state index contributed by atoms with van der Waals surface area (Å²) in [7, 11) is 0.178. The molecule has 0 fully saturated rings. The zero-order valence-electron chi connectivity index (χ0n) is 25.3. The smallest absolute Gasteiger partial charge is 0.416 e. The topological polar surface area (TPSA) is 138 Å². The van der Waals surface area contributed by atoms with Gasteiger partial charge in [-0.2, -0.15) is 5.26 Å². The van der Waals surface area contributed by atoms with Crippen LogP contribution >= 0.6 is 0 Å². The van der Waals surface area contributed by atoms with Gasteiger partial charge >= 0.3 is 6.09 Å². The summed E-state index contributed by atoms with van der Waals surface area (Å²) in [4.78, 5) is 17.0. The summed E-state index contributed by atoms with van der Waals surface area (Å²) in [6, 6.07) is 11.8. The normalized spacial score (nSPS) is 13.5. The van der Waals surface area contributed by atoms with E-state index >= 15 is 0 Å². The summed E-state index contributed by atoms with van der Waals surface area (Å²) < 4.78 is 32.7. The first-order valence-electron chi connectivity index (χ1n) is 13.6. The molecule has 0 aliphatic heterocycles. The highest BCUT2D eigenvalue weighted by molar-refractivity contribution is 7.91. The highest BCUT2D eigenvalue weighted by Gasteiger charge is 2.32. The SMILES string of the molecule is COc1cc(C)c2c(ccn2C(=O)O)c1/C(=N\[S+]([O-])C(C)(C)C)c1nc2cc(C#N)ccc2n1COCC[Si](C)(C)C. The number of nitriles is 1. The van der Waals surface area contributed by atoms with E-state index in [-0.39, 0.29) is 12.4 Å². The van der Waals surface area contributed by atoms with Crippen LogP contribution in [0, 0.1) is 18.3 Å². The van der Waals surface area contributed by atoms with Crippen LogP contribution in [0.15, 0.2) is 40.9 Å². The maximum Gasteiger partial charge on any atom is 0.416 e. The minimum Gasteiger partial charge on any atom is -0.591 e. The predicted octanol–water partition coefficient (Wildman–Crippen LogP) is 6.32. The molecule has 4 aromatic rings. The van der Waals surface area contributed by atoms with E-state index in [0.717, 1.165) is 16.1 Å². The van der Waals surface area contributed by atoms with Gasteiger partial charge in [-0.05, 0) is 69.6 Å². The average molecular weight is 608 g/mol. The van der Waals surface area contributed by atoms with Gasteiger partial charge in [-0.1, -0.05) is 24.0 Å². The Kier molecular flexibility index (Phi) is 8.89. The van der Waals surface area contributed by atoms with Crippen LogP contribution in [0.2, 0.25) is 25.7 Å². The fraction of sp³-hybridized carbons (Fsp3) is 0.400. The Morgan fingerprint density at radius 1 is 1.24 bits per heavy atom. The van der Waals surface area contributed by atoms with Gasteiger partial charge < -0.3 is 19.1 Å². The van der Waals surface area contributed by atoms with Crippen molar-refractivity contribution >= 4 is 53.2 Å². The van der Waals surface area contributed by atoms with Gasteiger partial charge in [-0.15, -0.1) is 0 Å². The second-order valence-electron chi connectivity index (χ2n) is 12.3. The number of rotatable bonds is 9. The number of carbonyl (C=O) groups is 1. The second kappa shape index (κ2) is 11.9. The van der Waals surface area contributed by atoms with E-state index < -0.39 is 30.3 Å². The summed E-state index contributed by atoms with van der Waals surface area (Å²) in [6.07, 6.45) is 0.344. The van der Waals surface area contributed by atoms with Crippen molar-refractivity contribution in [3.05, 3.63) is 59.0 Å². The van der Waals surface area contributed by atoms with Crippen molar-refractivity contribution in [1.82, 2.24) is 14.1 Å². The second-order valence-corrected chi connectivity index (χ2v) is 19.9. The van der Waals surface area contributed by atoms with Crippen molar-refractivity contribution in [2.24, 2.45) is 4.40 Å². The molecule has 1 atom stereocenters. The Morgan fingerprint density at radius 2 is 1.95 bits per heavy atom. The first-order chi connectivity index (χ1) is 19.7. The largest absolute Gasteiger partial charge is 0.591 e. The number of nitrogens with zero attached hydrogens (tertiary/aromatic N) is 5. The summed E-state index contributed by atoms with van der Waals surface area (Å²) in [5, 5.41) is 20.0. The molecule has 0 aliphatic rings. The monoisotopic (exact) mass is 607 g/mol. The van der Waals surface area contributed by atoms with Gasteiger partial charge in [0.25, 0.3) is 0 Å². The number of hydrogen-bond donors (Lipinski definition) is 1. The Bertz CT molecular complexity index is 1720. The minimum absolute atomic E-state index is 0.150. The van der Waals surface area contributed by atoms with Crippen LogP contribution in [0.25, 0.3) is 21.9 Å². The van der Waals surface area contributed by atoms with Crippen molar-refractivity contribution in [2.45, 2.75) is 64.9 Å². The summed E-state index contributed by atoms with van der Waals surface area (Å²) in [6.45, 7) is 14.8. The van der Waals surface area contributed by atoms with E-state index in [2.05, 4.69) is 25.7 Å². The first-order valence-corrected chi connectivity index (χ1v) is 18.4. The summed E-state index contributed by atoms with van der Waals surface area (Å²) >= 11 is -1.72. The molecule has 12 heteroatoms. The maximum absolute atomic E-state index is 13.6. The van der Waals surface area contributed by atoms with Gasteiger partial charge in [-0.3, -0.25) is 9.13 Å². The predicted molar refractivity (Wildman–Crippen MR) is 169 cm³/mol. The van der Waals surface area contributed by atoms with Crippen LogP contribution in [-0.4, -0.2) is 62.1 Å². The van der Waals surface area contributed by atoms with Gasteiger partial charge in [0.05, 0.1) is 40.9 Å². The molecular weight excluding hydrogens is 571 g/mol. The van der Waals surface area contributed by atoms with Crippen molar-refractivity contribution in [2.75, 3.05) is 13.7 Å². The van der Waals surface area contributed by atoms with Crippen LogP contribution in [-0.2, 0) is 22.8 Å². The van der Waals surface area contributed by atoms with E-state index in [0.29, 0.717) is 51.3 Å². The van der Waals surface area contributed by atoms with Gasteiger partial charge in [0.15, 0.2) is 11.5 Å². The third kappa shape index (κ3) is 6.39. The number of methoxy groups -OCH3 is 1. The van der Waals surface area contributed by atoms with Crippen molar-refractivity contribution < 1.29 is 23.9 Å². The molecule has 2 aromatic heterocycles. The van der Waals surface area contributed by atoms with Crippen molar-refractivity contribution in [3.8, 4) is 11.8 Å². The van der Waals surface area contributed by atoms with Gasteiger partial charge in [0.1, 0.15) is 28.6 Å². The minimum atomic E-state index is -1.72. The van der Waals surface area contributed by atoms with Gasteiger partial charge in [-0.25, -0.2) is 9.78 Å². The molecule has 0 radical (unpaired) electrons. The molecule has 42 heavy (non-hydrogen) atoms. The fourth-order valence-corrected chi connectivity index (χ4v) is 5.90. The molecule has 1 N–H and O–H groups in total. The van der Waals surface area contributed by atoms with Crippen LogP contribution in [0.1, 0.15) is 43.3 Å². The molecule has 0 aliphatic carbocycles. The number of imidazole rings is 1. The highest BCUT2D eigenvalue weighted by Crippen LogP contribution is 2.36. The molecule has 2 heterocycles. The zero-order chi connectivity index (χ0) is 31.0. The average Bonchev–Trinajstić information content (AvgIpc) is 3.51. The lowest BCUT2D eigenvalue weighted by Gasteiger charge is -2.21. The molecule has 0 spiro atoms. The molecule has 0 saturated heterocycles. The number of benzene rings is 2.